The van der Waals surface area contributed by atoms with Gasteiger partial charge in [0.15, 0.2) is 0 Å². The van der Waals surface area contributed by atoms with Crippen molar-refractivity contribution in [2.24, 2.45) is 0 Å². The second kappa shape index (κ2) is 10.9. The standard InChI is InChI=1S/C27H34N4O5S/c1-19(30-15-17-31(18-16-30)37(33,34)23-13-11-21(35-2)12-14-23)26-28-25-6-4-3-5-24(25)27(29-26)36-22-9-7-20(32)8-10-22/h3-6,11-14,19-20,22,32H,7-10,15-18H2,1-2H3. The van der Waals surface area contributed by atoms with Crippen molar-refractivity contribution in [2.75, 3.05) is 33.3 Å². The maximum atomic E-state index is 13.1. The number of aliphatic hydroxyl groups is 1. The smallest absolute Gasteiger partial charge is 0.243 e. The van der Waals surface area contributed by atoms with Crippen molar-refractivity contribution in [1.29, 1.82) is 0 Å². The molecule has 1 aromatic heterocycles. The van der Waals surface area contributed by atoms with Gasteiger partial charge in [-0.05, 0) is 69.0 Å². The summed E-state index contributed by atoms with van der Waals surface area (Å²) in [5, 5.41) is 10.7. The van der Waals surface area contributed by atoms with Crippen molar-refractivity contribution in [3.05, 3.63) is 54.4 Å². The first-order valence-electron chi connectivity index (χ1n) is 12.8. The summed E-state index contributed by atoms with van der Waals surface area (Å²) in [6.45, 7) is 3.98. The molecule has 1 saturated carbocycles. The van der Waals surface area contributed by atoms with Gasteiger partial charge in [0.2, 0.25) is 15.9 Å². The Morgan fingerprint density at radius 2 is 1.62 bits per heavy atom. The number of ether oxygens (including phenoxy) is 2. The molecule has 9 nitrogen and oxygen atoms in total. The van der Waals surface area contributed by atoms with Crippen molar-refractivity contribution in [2.45, 2.75) is 55.8 Å². The van der Waals surface area contributed by atoms with E-state index in [1.165, 1.54) is 4.31 Å². The molecule has 198 valence electrons. The molecule has 2 aromatic carbocycles. The van der Waals surface area contributed by atoms with Crippen LogP contribution in [0.2, 0.25) is 0 Å². The summed E-state index contributed by atoms with van der Waals surface area (Å²) < 4.78 is 39.3. The number of benzene rings is 2. The lowest BCUT2D eigenvalue weighted by atomic mass is 9.95. The Hall–Kier alpha value is -2.79. The van der Waals surface area contributed by atoms with Gasteiger partial charge in [0.05, 0.1) is 35.1 Å². The topological polar surface area (TPSA) is 105 Å². The van der Waals surface area contributed by atoms with Gasteiger partial charge in [-0.3, -0.25) is 4.90 Å². The number of hydrogen-bond acceptors (Lipinski definition) is 8. The summed E-state index contributed by atoms with van der Waals surface area (Å²) in [4.78, 5) is 12.2. The van der Waals surface area contributed by atoms with Crippen molar-refractivity contribution in [3.8, 4) is 11.6 Å². The fraction of sp³-hybridized carbons (Fsp3) is 0.481. The summed E-state index contributed by atoms with van der Waals surface area (Å²) in [6.07, 6.45) is 2.85. The highest BCUT2D eigenvalue weighted by molar-refractivity contribution is 7.89. The highest BCUT2D eigenvalue weighted by atomic mass is 32.2. The van der Waals surface area contributed by atoms with Gasteiger partial charge >= 0.3 is 0 Å². The largest absolute Gasteiger partial charge is 0.497 e. The van der Waals surface area contributed by atoms with Crippen molar-refractivity contribution in [1.82, 2.24) is 19.2 Å². The zero-order valence-electron chi connectivity index (χ0n) is 21.3. The van der Waals surface area contributed by atoms with Crippen LogP contribution in [0.15, 0.2) is 53.4 Å². The molecule has 2 aliphatic rings. The Morgan fingerprint density at radius 3 is 2.30 bits per heavy atom. The highest BCUT2D eigenvalue weighted by Gasteiger charge is 2.31. The molecule has 1 saturated heterocycles. The third kappa shape index (κ3) is 5.57. The fourth-order valence-corrected chi connectivity index (χ4v) is 6.48. The second-order valence-electron chi connectivity index (χ2n) is 9.74. The summed E-state index contributed by atoms with van der Waals surface area (Å²) in [7, 11) is -2.02. The normalized spacial score (nSPS) is 22.6. The van der Waals surface area contributed by atoms with E-state index in [1.807, 2.05) is 24.3 Å². The number of piperazine rings is 1. The third-order valence-corrected chi connectivity index (χ3v) is 9.31. The van der Waals surface area contributed by atoms with Crippen molar-refractivity contribution < 1.29 is 23.0 Å². The molecule has 2 fully saturated rings. The van der Waals surface area contributed by atoms with Crippen LogP contribution < -0.4 is 9.47 Å². The molecule has 1 unspecified atom stereocenters. The number of nitrogens with zero attached hydrogens (tertiary/aromatic N) is 4. The van der Waals surface area contributed by atoms with Gasteiger partial charge in [-0.1, -0.05) is 12.1 Å². The molecule has 3 aromatic rings. The lowest BCUT2D eigenvalue weighted by Crippen LogP contribution is -2.49. The third-order valence-electron chi connectivity index (χ3n) is 7.40. The Balaban J connectivity index is 1.30. The monoisotopic (exact) mass is 526 g/mol. The van der Waals surface area contributed by atoms with E-state index in [9.17, 15) is 13.5 Å². The van der Waals surface area contributed by atoms with Crippen LogP contribution in [0.25, 0.3) is 10.9 Å². The number of sulfonamides is 1. The molecule has 1 N–H and O–H groups in total. The van der Waals surface area contributed by atoms with Gasteiger partial charge in [0.25, 0.3) is 0 Å². The number of hydrogen-bond donors (Lipinski definition) is 1. The van der Waals surface area contributed by atoms with Gasteiger partial charge in [0.1, 0.15) is 17.7 Å². The summed E-state index contributed by atoms with van der Waals surface area (Å²) in [5.41, 5.74) is 0.825. The first kappa shape index (κ1) is 25.8. The number of rotatable bonds is 7. The number of para-hydroxylation sites is 1. The van der Waals surface area contributed by atoms with Crippen LogP contribution in [-0.2, 0) is 10.0 Å². The van der Waals surface area contributed by atoms with Gasteiger partial charge in [-0.2, -0.15) is 9.29 Å². The average Bonchev–Trinajstić information content (AvgIpc) is 2.94. The maximum Gasteiger partial charge on any atom is 0.243 e. The van der Waals surface area contributed by atoms with E-state index in [-0.39, 0.29) is 23.1 Å². The van der Waals surface area contributed by atoms with Crippen LogP contribution in [0.4, 0.5) is 0 Å². The van der Waals surface area contributed by atoms with Crippen molar-refractivity contribution >= 4 is 20.9 Å². The molecule has 0 spiro atoms. The van der Waals surface area contributed by atoms with E-state index < -0.39 is 10.0 Å². The van der Waals surface area contributed by atoms with E-state index in [2.05, 4.69) is 11.8 Å². The number of aromatic nitrogens is 2. The molecule has 37 heavy (non-hydrogen) atoms. The molecular weight excluding hydrogens is 492 g/mol. The van der Waals surface area contributed by atoms with E-state index in [0.29, 0.717) is 43.6 Å². The van der Waals surface area contributed by atoms with Crippen molar-refractivity contribution in [3.63, 3.8) is 0 Å². The van der Waals surface area contributed by atoms with Crippen LogP contribution >= 0.6 is 0 Å². The Labute approximate surface area is 218 Å². The van der Waals surface area contributed by atoms with Crippen LogP contribution in [0.1, 0.15) is 44.5 Å². The minimum Gasteiger partial charge on any atom is -0.497 e. The highest BCUT2D eigenvalue weighted by Crippen LogP contribution is 2.31. The fourth-order valence-electron chi connectivity index (χ4n) is 5.05. The molecule has 0 bridgehead atoms. The quantitative estimate of drug-likeness (QED) is 0.500. The summed E-state index contributed by atoms with van der Waals surface area (Å²) in [5.74, 6) is 1.86. The minimum absolute atomic E-state index is 0.0246. The zero-order chi connectivity index (χ0) is 26.0. The number of methoxy groups -OCH3 is 1. The Morgan fingerprint density at radius 1 is 0.946 bits per heavy atom. The molecule has 0 radical (unpaired) electrons. The molecular formula is C27H34N4O5S. The van der Waals surface area contributed by atoms with Crippen LogP contribution in [-0.4, -0.2) is 78.2 Å². The number of fused-ring (bicyclic) bond motifs is 1. The molecule has 1 aliphatic heterocycles. The van der Waals surface area contributed by atoms with Crippen LogP contribution in [0.5, 0.6) is 11.6 Å². The lowest BCUT2D eigenvalue weighted by molar-refractivity contribution is 0.0646. The first-order valence-corrected chi connectivity index (χ1v) is 14.3. The summed E-state index contributed by atoms with van der Waals surface area (Å²) in [6, 6.07) is 14.2. The second-order valence-corrected chi connectivity index (χ2v) is 11.7. The minimum atomic E-state index is -3.57. The Kier molecular flexibility index (Phi) is 7.62. The molecule has 5 rings (SSSR count). The Bertz CT molecular complexity index is 1320. The lowest BCUT2D eigenvalue weighted by Gasteiger charge is -2.37. The van der Waals surface area contributed by atoms with E-state index in [4.69, 9.17) is 19.4 Å². The average molecular weight is 527 g/mol. The first-order chi connectivity index (χ1) is 17.8. The SMILES string of the molecule is COc1ccc(S(=O)(=O)N2CCN(C(C)c3nc(OC4CCC(O)CC4)c4ccccc4n3)CC2)cc1. The van der Waals surface area contributed by atoms with Crippen LogP contribution in [0.3, 0.4) is 0 Å². The van der Waals surface area contributed by atoms with E-state index >= 15 is 0 Å². The number of aliphatic hydroxyl groups excluding tert-OH is 1. The maximum absolute atomic E-state index is 13.1. The van der Waals surface area contributed by atoms with Crippen LogP contribution in [0, 0.1) is 0 Å². The predicted octanol–water partition coefficient (Wildman–Crippen LogP) is 3.39. The van der Waals surface area contributed by atoms with Gasteiger partial charge in [-0.25, -0.2) is 13.4 Å². The van der Waals surface area contributed by atoms with Gasteiger partial charge in [0, 0.05) is 26.2 Å². The molecule has 10 heteroatoms. The summed E-state index contributed by atoms with van der Waals surface area (Å²) >= 11 is 0. The zero-order valence-corrected chi connectivity index (χ0v) is 22.1. The van der Waals surface area contributed by atoms with E-state index in [1.54, 1.807) is 31.4 Å². The van der Waals surface area contributed by atoms with Gasteiger partial charge in [-0.15, -0.1) is 0 Å². The molecule has 1 atom stereocenters. The van der Waals surface area contributed by atoms with E-state index in [0.717, 1.165) is 36.6 Å². The van der Waals surface area contributed by atoms with Gasteiger partial charge < -0.3 is 14.6 Å². The molecule has 2 heterocycles. The molecule has 1 aliphatic carbocycles. The molecule has 0 amide bonds. The predicted molar refractivity (Wildman–Crippen MR) is 140 cm³/mol.